The topological polar surface area (TPSA) is 78.9 Å². The van der Waals surface area contributed by atoms with Crippen molar-refractivity contribution in [1.29, 1.82) is 0 Å². The molecule has 0 unspecified atom stereocenters. The maximum absolute atomic E-state index is 12.0. The van der Waals surface area contributed by atoms with Crippen molar-refractivity contribution in [1.82, 2.24) is 10.2 Å². The Kier molecular flexibility index (Phi) is 7.04. The molecule has 0 spiro atoms. The fourth-order valence-corrected chi connectivity index (χ4v) is 1.42. The summed E-state index contributed by atoms with van der Waals surface area (Å²) in [5, 5.41) is 11.4. The standard InChI is InChI=1S/C12H22N2O4/c1-5-6-14(7-8-18-4)11(17)13-12(2,3)9-10(15)16/h5H,1,6-9H2,2-4H3,(H,13,17)(H,15,16). The molecule has 2 N–H and O–H groups in total. The molecule has 0 saturated heterocycles. The zero-order chi connectivity index (χ0) is 14.2. The Bertz CT molecular complexity index is 302. The first-order valence-corrected chi connectivity index (χ1v) is 5.71. The highest BCUT2D eigenvalue weighted by Gasteiger charge is 2.25. The average molecular weight is 258 g/mol. The zero-order valence-corrected chi connectivity index (χ0v) is 11.2. The fourth-order valence-electron chi connectivity index (χ4n) is 1.42. The summed E-state index contributed by atoms with van der Waals surface area (Å²) >= 11 is 0. The number of carboxylic acid groups (broad SMARTS) is 1. The van der Waals surface area contributed by atoms with Crippen LogP contribution in [-0.4, -0.2) is 54.4 Å². The van der Waals surface area contributed by atoms with Crippen LogP contribution < -0.4 is 5.32 Å². The van der Waals surface area contributed by atoms with E-state index < -0.39 is 11.5 Å². The number of carbonyl (C=O) groups is 2. The molecule has 0 aliphatic carbocycles. The van der Waals surface area contributed by atoms with E-state index >= 15 is 0 Å². The molecule has 0 saturated carbocycles. The van der Waals surface area contributed by atoms with E-state index in [4.69, 9.17) is 9.84 Å². The molecule has 0 atom stereocenters. The number of carbonyl (C=O) groups excluding carboxylic acids is 1. The number of nitrogens with zero attached hydrogens (tertiary/aromatic N) is 1. The van der Waals surface area contributed by atoms with Crippen molar-refractivity contribution < 1.29 is 19.4 Å². The molecular weight excluding hydrogens is 236 g/mol. The second-order valence-electron chi connectivity index (χ2n) is 4.61. The van der Waals surface area contributed by atoms with Crippen LogP contribution in [-0.2, 0) is 9.53 Å². The Morgan fingerprint density at radius 1 is 1.50 bits per heavy atom. The minimum atomic E-state index is -0.951. The lowest BCUT2D eigenvalue weighted by Gasteiger charge is -2.29. The first-order chi connectivity index (χ1) is 8.32. The first-order valence-electron chi connectivity index (χ1n) is 5.71. The quantitative estimate of drug-likeness (QED) is 0.639. The maximum atomic E-state index is 12.0. The van der Waals surface area contributed by atoms with Gasteiger partial charge in [0.25, 0.3) is 0 Å². The van der Waals surface area contributed by atoms with Crippen LogP contribution in [0.4, 0.5) is 4.79 Å². The Morgan fingerprint density at radius 3 is 2.56 bits per heavy atom. The van der Waals surface area contributed by atoms with Crippen molar-refractivity contribution in [3.63, 3.8) is 0 Å². The van der Waals surface area contributed by atoms with E-state index in [0.29, 0.717) is 19.7 Å². The van der Waals surface area contributed by atoms with E-state index in [0.717, 1.165) is 0 Å². The van der Waals surface area contributed by atoms with Gasteiger partial charge in [-0.1, -0.05) is 6.08 Å². The van der Waals surface area contributed by atoms with Crippen LogP contribution in [0.5, 0.6) is 0 Å². The molecule has 0 aromatic carbocycles. The lowest BCUT2D eigenvalue weighted by Crippen LogP contribution is -2.51. The second kappa shape index (κ2) is 7.71. The van der Waals surface area contributed by atoms with Gasteiger partial charge in [-0.05, 0) is 13.8 Å². The van der Waals surface area contributed by atoms with Gasteiger partial charge in [0.15, 0.2) is 0 Å². The number of urea groups is 1. The van der Waals surface area contributed by atoms with Crippen molar-refractivity contribution in [2.24, 2.45) is 0 Å². The molecule has 2 amide bonds. The van der Waals surface area contributed by atoms with Gasteiger partial charge in [-0.15, -0.1) is 6.58 Å². The molecule has 104 valence electrons. The smallest absolute Gasteiger partial charge is 0.318 e. The highest BCUT2D eigenvalue weighted by atomic mass is 16.5. The van der Waals surface area contributed by atoms with Gasteiger partial charge < -0.3 is 20.1 Å². The van der Waals surface area contributed by atoms with E-state index in [-0.39, 0.29) is 12.5 Å². The molecule has 0 aromatic heterocycles. The van der Waals surface area contributed by atoms with Gasteiger partial charge >= 0.3 is 12.0 Å². The summed E-state index contributed by atoms with van der Waals surface area (Å²) < 4.78 is 4.91. The van der Waals surface area contributed by atoms with Crippen molar-refractivity contribution >= 4 is 12.0 Å². The molecule has 0 aliphatic rings. The van der Waals surface area contributed by atoms with Crippen LogP contribution in [0.2, 0.25) is 0 Å². The van der Waals surface area contributed by atoms with Crippen molar-refractivity contribution in [3.05, 3.63) is 12.7 Å². The minimum Gasteiger partial charge on any atom is -0.481 e. The summed E-state index contributed by atoms with van der Waals surface area (Å²) in [4.78, 5) is 24.1. The Hall–Kier alpha value is -1.56. The number of rotatable bonds is 8. The lowest BCUT2D eigenvalue weighted by atomic mass is 10.0. The lowest BCUT2D eigenvalue weighted by molar-refractivity contribution is -0.138. The molecule has 0 rings (SSSR count). The summed E-state index contributed by atoms with van der Waals surface area (Å²) in [6.45, 7) is 8.15. The Labute approximate surface area is 108 Å². The highest BCUT2D eigenvalue weighted by Crippen LogP contribution is 2.09. The van der Waals surface area contributed by atoms with Gasteiger partial charge in [0.1, 0.15) is 0 Å². The van der Waals surface area contributed by atoms with Crippen LogP contribution in [0.15, 0.2) is 12.7 Å². The van der Waals surface area contributed by atoms with Gasteiger partial charge in [-0.2, -0.15) is 0 Å². The predicted molar refractivity (Wildman–Crippen MR) is 68.5 cm³/mol. The fraction of sp³-hybridized carbons (Fsp3) is 0.667. The minimum absolute atomic E-state index is 0.134. The number of hydrogen-bond donors (Lipinski definition) is 2. The third-order valence-corrected chi connectivity index (χ3v) is 2.24. The van der Waals surface area contributed by atoms with E-state index in [1.54, 1.807) is 27.0 Å². The number of nitrogens with one attached hydrogen (secondary N) is 1. The number of amides is 2. The molecule has 0 bridgehead atoms. The van der Waals surface area contributed by atoms with Crippen LogP contribution in [0.3, 0.4) is 0 Å². The SMILES string of the molecule is C=CCN(CCOC)C(=O)NC(C)(C)CC(=O)O. The van der Waals surface area contributed by atoms with Crippen molar-refractivity contribution in [2.75, 3.05) is 26.8 Å². The summed E-state index contributed by atoms with van der Waals surface area (Å²) in [5.74, 6) is -0.951. The summed E-state index contributed by atoms with van der Waals surface area (Å²) in [6.07, 6.45) is 1.48. The number of aliphatic carboxylic acids is 1. The van der Waals surface area contributed by atoms with Gasteiger partial charge in [0.2, 0.25) is 0 Å². The van der Waals surface area contributed by atoms with E-state index in [1.165, 1.54) is 4.90 Å². The van der Waals surface area contributed by atoms with Gasteiger partial charge in [-0.25, -0.2) is 4.79 Å². The third-order valence-electron chi connectivity index (χ3n) is 2.24. The molecular formula is C12H22N2O4. The molecule has 0 aliphatic heterocycles. The van der Waals surface area contributed by atoms with E-state index in [1.807, 2.05) is 0 Å². The average Bonchev–Trinajstić information content (AvgIpc) is 2.21. The zero-order valence-electron chi connectivity index (χ0n) is 11.2. The third kappa shape index (κ3) is 6.90. The van der Waals surface area contributed by atoms with Gasteiger partial charge in [0, 0.05) is 25.7 Å². The van der Waals surface area contributed by atoms with Gasteiger partial charge in [-0.3, -0.25) is 4.79 Å². The van der Waals surface area contributed by atoms with Gasteiger partial charge in [0.05, 0.1) is 13.0 Å². The monoisotopic (exact) mass is 258 g/mol. The Balaban J connectivity index is 4.47. The highest BCUT2D eigenvalue weighted by molar-refractivity contribution is 5.76. The van der Waals surface area contributed by atoms with E-state index in [2.05, 4.69) is 11.9 Å². The summed E-state index contributed by atoms with van der Waals surface area (Å²) in [6, 6.07) is -0.321. The molecule has 0 heterocycles. The molecule has 6 nitrogen and oxygen atoms in total. The van der Waals surface area contributed by atoms with Crippen LogP contribution in [0, 0.1) is 0 Å². The number of carboxylic acids is 1. The molecule has 0 fully saturated rings. The Morgan fingerprint density at radius 2 is 2.11 bits per heavy atom. The summed E-state index contributed by atoms with van der Waals surface area (Å²) in [7, 11) is 1.55. The van der Waals surface area contributed by atoms with E-state index in [9.17, 15) is 9.59 Å². The van der Waals surface area contributed by atoms with Crippen LogP contribution in [0.25, 0.3) is 0 Å². The largest absolute Gasteiger partial charge is 0.481 e. The molecule has 0 aromatic rings. The first kappa shape index (κ1) is 16.4. The number of ether oxygens (including phenoxy) is 1. The number of hydrogen-bond acceptors (Lipinski definition) is 3. The van der Waals surface area contributed by atoms with Crippen molar-refractivity contribution in [3.8, 4) is 0 Å². The maximum Gasteiger partial charge on any atom is 0.318 e. The van der Waals surface area contributed by atoms with Crippen LogP contribution >= 0.6 is 0 Å². The molecule has 6 heteroatoms. The number of methoxy groups -OCH3 is 1. The molecule has 18 heavy (non-hydrogen) atoms. The van der Waals surface area contributed by atoms with Crippen LogP contribution in [0.1, 0.15) is 20.3 Å². The predicted octanol–water partition coefficient (Wildman–Crippen LogP) is 1.08. The normalized spacial score (nSPS) is 10.8. The molecule has 0 radical (unpaired) electrons. The summed E-state index contributed by atoms with van der Waals surface area (Å²) in [5.41, 5.74) is -0.796. The van der Waals surface area contributed by atoms with Crippen molar-refractivity contribution in [2.45, 2.75) is 25.8 Å². The second-order valence-corrected chi connectivity index (χ2v) is 4.61.